The molecule has 1 aromatic carbocycles. The van der Waals surface area contributed by atoms with Gasteiger partial charge in [0.25, 0.3) is 0 Å². The van der Waals surface area contributed by atoms with Gasteiger partial charge in [-0.2, -0.15) is 0 Å². The van der Waals surface area contributed by atoms with Crippen molar-refractivity contribution in [2.24, 2.45) is 0 Å². The summed E-state index contributed by atoms with van der Waals surface area (Å²) in [6, 6.07) is 7.48. The number of hydrogen-bond donors (Lipinski definition) is 1. The lowest BCUT2D eigenvalue weighted by Gasteiger charge is -2.24. The second-order valence-electron chi connectivity index (χ2n) is 4.30. The third kappa shape index (κ3) is 4.90. The fourth-order valence-corrected chi connectivity index (χ4v) is 2.01. The number of carbonyl (C=O) groups excluding carboxylic acids is 1. The number of carboxylic acid groups (broad SMARTS) is 1. The molecule has 6 heteroatoms. The van der Waals surface area contributed by atoms with Crippen molar-refractivity contribution in [3.05, 3.63) is 34.3 Å². The average Bonchev–Trinajstić information content (AvgIpc) is 2.37. The number of halogens is 1. The van der Waals surface area contributed by atoms with Crippen molar-refractivity contribution in [1.29, 1.82) is 0 Å². The Labute approximate surface area is 120 Å². The lowest BCUT2D eigenvalue weighted by Crippen LogP contribution is -2.39. The fourth-order valence-electron chi connectivity index (χ4n) is 1.60. The van der Waals surface area contributed by atoms with E-state index in [2.05, 4.69) is 15.9 Å². The van der Waals surface area contributed by atoms with E-state index in [1.165, 1.54) is 4.90 Å². The Balaban J connectivity index is 2.57. The minimum Gasteiger partial charge on any atom is -0.481 e. The minimum atomic E-state index is -0.909. The first-order chi connectivity index (χ1) is 8.91. The zero-order valence-electron chi connectivity index (χ0n) is 11.0. The first kappa shape index (κ1) is 15.5. The van der Waals surface area contributed by atoms with Gasteiger partial charge in [-0.1, -0.05) is 34.1 Å². The predicted octanol–water partition coefficient (Wildman–Crippen LogP) is 2.41. The van der Waals surface area contributed by atoms with Crippen LogP contribution in [0, 0.1) is 0 Å². The van der Waals surface area contributed by atoms with Crippen molar-refractivity contribution < 1.29 is 14.7 Å². The fraction of sp³-hybridized carbons (Fsp3) is 0.385. The number of hydrogen-bond acceptors (Lipinski definition) is 2. The molecule has 0 fully saturated rings. The number of rotatable bonds is 5. The number of carbonyl (C=O) groups is 2. The molecular formula is C13H17BrN2O3. The van der Waals surface area contributed by atoms with E-state index in [4.69, 9.17) is 5.11 Å². The summed E-state index contributed by atoms with van der Waals surface area (Å²) >= 11 is 3.43. The third-order valence-electron chi connectivity index (χ3n) is 2.68. The van der Waals surface area contributed by atoms with Gasteiger partial charge in [-0.3, -0.25) is 4.79 Å². The Hall–Kier alpha value is -1.56. The highest BCUT2D eigenvalue weighted by Crippen LogP contribution is 2.17. The highest BCUT2D eigenvalue weighted by molar-refractivity contribution is 9.10. The molecule has 0 saturated carbocycles. The van der Waals surface area contributed by atoms with Crippen LogP contribution in [-0.2, 0) is 11.3 Å². The van der Waals surface area contributed by atoms with Gasteiger partial charge in [-0.05, 0) is 11.6 Å². The summed E-state index contributed by atoms with van der Waals surface area (Å²) in [7, 11) is 3.29. The molecule has 1 N–H and O–H groups in total. The number of amides is 2. The molecule has 0 unspecified atom stereocenters. The predicted molar refractivity (Wildman–Crippen MR) is 75.9 cm³/mol. The van der Waals surface area contributed by atoms with Crippen molar-refractivity contribution in [3.8, 4) is 0 Å². The molecular weight excluding hydrogens is 312 g/mol. The van der Waals surface area contributed by atoms with E-state index >= 15 is 0 Å². The Morgan fingerprint density at radius 1 is 1.21 bits per heavy atom. The van der Waals surface area contributed by atoms with Gasteiger partial charge in [0.15, 0.2) is 0 Å². The molecule has 0 radical (unpaired) electrons. The maximum absolute atomic E-state index is 12.0. The first-order valence-electron chi connectivity index (χ1n) is 5.83. The van der Waals surface area contributed by atoms with E-state index in [9.17, 15) is 9.59 Å². The number of carboxylic acids is 1. The van der Waals surface area contributed by atoms with Crippen LogP contribution in [0.2, 0.25) is 0 Å². The quantitative estimate of drug-likeness (QED) is 0.902. The number of aliphatic carboxylic acids is 1. The van der Waals surface area contributed by atoms with Crippen LogP contribution < -0.4 is 0 Å². The molecule has 1 rings (SSSR count). The van der Waals surface area contributed by atoms with Gasteiger partial charge >= 0.3 is 12.0 Å². The summed E-state index contributed by atoms with van der Waals surface area (Å²) in [6.07, 6.45) is -0.0505. The second-order valence-corrected chi connectivity index (χ2v) is 5.15. The first-order valence-corrected chi connectivity index (χ1v) is 6.62. The van der Waals surface area contributed by atoms with Crippen LogP contribution in [0.4, 0.5) is 4.79 Å². The van der Waals surface area contributed by atoms with Crippen molar-refractivity contribution >= 4 is 27.9 Å². The van der Waals surface area contributed by atoms with Gasteiger partial charge in [0.05, 0.1) is 6.42 Å². The monoisotopic (exact) mass is 328 g/mol. The molecule has 0 bridgehead atoms. The van der Waals surface area contributed by atoms with Crippen LogP contribution in [0.3, 0.4) is 0 Å². The highest BCUT2D eigenvalue weighted by atomic mass is 79.9. The van der Waals surface area contributed by atoms with Crippen molar-refractivity contribution in [2.75, 3.05) is 20.6 Å². The van der Waals surface area contributed by atoms with Gasteiger partial charge in [0, 0.05) is 31.7 Å². The topological polar surface area (TPSA) is 60.9 Å². The molecule has 5 nitrogen and oxygen atoms in total. The molecule has 0 aliphatic heterocycles. The van der Waals surface area contributed by atoms with E-state index in [1.807, 2.05) is 24.3 Å². The van der Waals surface area contributed by atoms with Crippen LogP contribution in [0.25, 0.3) is 0 Å². The normalized spacial score (nSPS) is 10.1. The van der Waals surface area contributed by atoms with Gasteiger partial charge < -0.3 is 14.9 Å². The Morgan fingerprint density at radius 2 is 1.84 bits per heavy atom. The summed E-state index contributed by atoms with van der Waals surface area (Å²) in [4.78, 5) is 25.5. The van der Waals surface area contributed by atoms with Gasteiger partial charge in [-0.25, -0.2) is 4.79 Å². The van der Waals surface area contributed by atoms with Crippen LogP contribution in [0.5, 0.6) is 0 Å². The van der Waals surface area contributed by atoms with Gasteiger partial charge in [-0.15, -0.1) is 0 Å². The van der Waals surface area contributed by atoms with Gasteiger partial charge in [0.2, 0.25) is 0 Å². The lowest BCUT2D eigenvalue weighted by molar-refractivity contribution is -0.137. The third-order valence-corrected chi connectivity index (χ3v) is 3.45. The molecule has 2 amide bonds. The van der Waals surface area contributed by atoms with Crippen molar-refractivity contribution in [1.82, 2.24) is 9.80 Å². The molecule has 1 aromatic rings. The maximum atomic E-state index is 12.0. The maximum Gasteiger partial charge on any atom is 0.319 e. The SMILES string of the molecule is CN(CCC(=O)O)C(=O)N(C)Cc1ccccc1Br. The molecule has 0 aliphatic carbocycles. The van der Waals surface area contributed by atoms with Crippen LogP contribution in [0.15, 0.2) is 28.7 Å². The zero-order valence-corrected chi connectivity index (χ0v) is 12.6. The van der Waals surface area contributed by atoms with Gasteiger partial charge in [0.1, 0.15) is 0 Å². The molecule has 0 spiro atoms. The summed E-state index contributed by atoms with van der Waals surface area (Å²) in [6.45, 7) is 0.673. The van der Waals surface area contributed by atoms with Crippen molar-refractivity contribution in [2.45, 2.75) is 13.0 Å². The number of urea groups is 1. The molecule has 0 saturated heterocycles. The summed E-state index contributed by atoms with van der Waals surface area (Å²) in [5.74, 6) is -0.909. The Kier molecular flexibility index (Phi) is 5.82. The number of nitrogens with zero attached hydrogens (tertiary/aromatic N) is 2. The highest BCUT2D eigenvalue weighted by Gasteiger charge is 2.15. The largest absolute Gasteiger partial charge is 0.481 e. The average molecular weight is 329 g/mol. The van der Waals surface area contributed by atoms with E-state index in [-0.39, 0.29) is 19.0 Å². The molecule has 0 heterocycles. The van der Waals surface area contributed by atoms with Crippen LogP contribution in [-0.4, -0.2) is 47.5 Å². The molecule has 0 atom stereocenters. The van der Waals surface area contributed by atoms with E-state index in [0.29, 0.717) is 6.54 Å². The second kappa shape index (κ2) is 7.13. The smallest absolute Gasteiger partial charge is 0.319 e. The van der Waals surface area contributed by atoms with Crippen molar-refractivity contribution in [3.63, 3.8) is 0 Å². The van der Waals surface area contributed by atoms with E-state index in [0.717, 1.165) is 10.0 Å². The molecule has 0 aliphatic rings. The van der Waals surface area contributed by atoms with Crippen LogP contribution in [0.1, 0.15) is 12.0 Å². The summed E-state index contributed by atoms with van der Waals surface area (Å²) in [5, 5.41) is 8.60. The minimum absolute atomic E-state index is 0.0505. The standard InChI is InChI=1S/C13H17BrN2O3/c1-15(8-7-12(17)18)13(19)16(2)9-10-5-3-4-6-11(10)14/h3-6H,7-9H2,1-2H3,(H,17,18). The lowest BCUT2D eigenvalue weighted by atomic mass is 10.2. The Bertz CT molecular complexity index is 465. The Morgan fingerprint density at radius 3 is 2.42 bits per heavy atom. The number of benzene rings is 1. The molecule has 0 aromatic heterocycles. The van der Waals surface area contributed by atoms with E-state index in [1.54, 1.807) is 19.0 Å². The molecule has 19 heavy (non-hydrogen) atoms. The zero-order chi connectivity index (χ0) is 14.4. The summed E-state index contributed by atoms with van der Waals surface area (Å²) < 4.78 is 0.947. The summed E-state index contributed by atoms with van der Waals surface area (Å²) in [5.41, 5.74) is 1.00. The molecule has 104 valence electrons. The van der Waals surface area contributed by atoms with E-state index < -0.39 is 5.97 Å². The van der Waals surface area contributed by atoms with Crippen LogP contribution >= 0.6 is 15.9 Å².